The van der Waals surface area contributed by atoms with Gasteiger partial charge in [0.2, 0.25) is 0 Å². The van der Waals surface area contributed by atoms with E-state index >= 15 is 0 Å². The van der Waals surface area contributed by atoms with E-state index in [1.165, 1.54) is 22.3 Å². The molecule has 3 aromatic rings. The third-order valence-corrected chi connectivity index (χ3v) is 5.56. The number of aryl methyl sites for hydroxylation is 4. The number of hydrogen-bond donors (Lipinski definition) is 0. The summed E-state index contributed by atoms with van der Waals surface area (Å²) in [6, 6.07) is 18.6. The molecule has 32 heavy (non-hydrogen) atoms. The molecule has 0 saturated carbocycles. The van der Waals surface area contributed by atoms with Gasteiger partial charge in [0.05, 0.1) is 35.5 Å². The molecular formula is C27H32O5. The minimum Gasteiger partial charge on any atom is -0.497 e. The molecule has 0 atom stereocenters. The molecule has 0 radical (unpaired) electrons. The van der Waals surface area contributed by atoms with Crippen LogP contribution in [-0.4, -0.2) is 35.5 Å². The maximum atomic E-state index is 5.56. The Balaban J connectivity index is 1.70. The molecule has 0 heterocycles. The van der Waals surface area contributed by atoms with Crippen LogP contribution < -0.4 is 23.7 Å². The summed E-state index contributed by atoms with van der Waals surface area (Å²) in [5, 5.41) is 0. The van der Waals surface area contributed by atoms with Gasteiger partial charge in [0.15, 0.2) is 23.0 Å². The van der Waals surface area contributed by atoms with Gasteiger partial charge >= 0.3 is 0 Å². The van der Waals surface area contributed by atoms with Gasteiger partial charge in [-0.05, 0) is 84.3 Å². The fraction of sp³-hybridized carbons (Fsp3) is 0.333. The van der Waals surface area contributed by atoms with Gasteiger partial charge in [-0.3, -0.25) is 0 Å². The van der Waals surface area contributed by atoms with Gasteiger partial charge in [0, 0.05) is 0 Å². The minimum atomic E-state index is 0.745. The molecule has 0 aromatic heterocycles. The normalized spacial score (nSPS) is 10.5. The lowest BCUT2D eigenvalue weighted by molar-refractivity contribution is 0.354. The van der Waals surface area contributed by atoms with Crippen molar-refractivity contribution in [1.29, 1.82) is 0 Å². The van der Waals surface area contributed by atoms with E-state index in [0.29, 0.717) is 0 Å². The molecule has 0 unspecified atom stereocenters. The SMILES string of the molecule is COc1cc(CCc2ccc(OC)c(OC)c2)cc(CCc2ccc(OC)c(OC)c2)c1. The van der Waals surface area contributed by atoms with Gasteiger partial charge in [-0.2, -0.15) is 0 Å². The van der Waals surface area contributed by atoms with Crippen LogP contribution in [0.3, 0.4) is 0 Å². The summed E-state index contributed by atoms with van der Waals surface area (Å²) in [5.74, 6) is 3.89. The lowest BCUT2D eigenvalue weighted by atomic mass is 9.98. The van der Waals surface area contributed by atoms with Crippen LogP contribution in [0, 0.1) is 0 Å². The van der Waals surface area contributed by atoms with E-state index in [4.69, 9.17) is 23.7 Å². The predicted octanol–water partition coefficient (Wildman–Crippen LogP) is 5.30. The number of benzene rings is 3. The Kier molecular flexibility index (Phi) is 8.26. The quantitative estimate of drug-likeness (QED) is 0.408. The van der Waals surface area contributed by atoms with E-state index in [-0.39, 0.29) is 0 Å². The van der Waals surface area contributed by atoms with E-state index < -0.39 is 0 Å². The van der Waals surface area contributed by atoms with Crippen molar-refractivity contribution in [3.05, 3.63) is 76.9 Å². The minimum absolute atomic E-state index is 0.745. The highest BCUT2D eigenvalue weighted by Crippen LogP contribution is 2.30. The Morgan fingerprint density at radius 3 is 1.19 bits per heavy atom. The zero-order valence-corrected chi connectivity index (χ0v) is 19.6. The average molecular weight is 437 g/mol. The van der Waals surface area contributed by atoms with Crippen molar-refractivity contribution in [3.8, 4) is 28.7 Å². The summed E-state index contributed by atoms with van der Waals surface area (Å²) in [7, 11) is 8.34. The summed E-state index contributed by atoms with van der Waals surface area (Å²) in [5.41, 5.74) is 4.91. The molecule has 0 fully saturated rings. The van der Waals surface area contributed by atoms with E-state index in [9.17, 15) is 0 Å². The molecule has 0 aliphatic heterocycles. The standard InChI is InChI=1S/C27H32O5/c1-28-23-15-21(8-6-19-10-12-24(29-2)26(17-19)31-4)14-22(16-23)9-7-20-11-13-25(30-3)27(18-20)32-5/h10-18H,6-9H2,1-5H3. The number of ether oxygens (including phenoxy) is 5. The van der Waals surface area contributed by atoms with Crippen molar-refractivity contribution in [1.82, 2.24) is 0 Å². The van der Waals surface area contributed by atoms with Gasteiger partial charge in [0.25, 0.3) is 0 Å². The summed E-state index contributed by atoms with van der Waals surface area (Å²) in [6.07, 6.45) is 3.64. The molecule has 0 saturated heterocycles. The monoisotopic (exact) mass is 436 g/mol. The van der Waals surface area contributed by atoms with Gasteiger partial charge in [-0.25, -0.2) is 0 Å². The highest BCUT2D eigenvalue weighted by molar-refractivity contribution is 5.44. The Labute approximate surface area is 190 Å². The highest BCUT2D eigenvalue weighted by atomic mass is 16.5. The molecule has 5 heteroatoms. The molecule has 0 aliphatic carbocycles. The first-order chi connectivity index (χ1) is 15.6. The second-order valence-electron chi connectivity index (χ2n) is 7.57. The summed E-state index contributed by atoms with van der Waals surface area (Å²) in [6.45, 7) is 0. The lowest BCUT2D eigenvalue weighted by Crippen LogP contribution is -1.99. The second-order valence-corrected chi connectivity index (χ2v) is 7.57. The maximum absolute atomic E-state index is 5.56. The van der Waals surface area contributed by atoms with Gasteiger partial charge in [-0.15, -0.1) is 0 Å². The van der Waals surface area contributed by atoms with Crippen molar-refractivity contribution >= 4 is 0 Å². The fourth-order valence-corrected chi connectivity index (χ4v) is 3.78. The predicted molar refractivity (Wildman–Crippen MR) is 127 cm³/mol. The largest absolute Gasteiger partial charge is 0.497 e. The van der Waals surface area contributed by atoms with Gasteiger partial charge in [-0.1, -0.05) is 18.2 Å². The van der Waals surface area contributed by atoms with Crippen LogP contribution in [0.5, 0.6) is 28.7 Å². The van der Waals surface area contributed by atoms with Crippen molar-refractivity contribution in [2.24, 2.45) is 0 Å². The average Bonchev–Trinajstić information content (AvgIpc) is 2.85. The van der Waals surface area contributed by atoms with Crippen molar-refractivity contribution in [3.63, 3.8) is 0 Å². The Hall–Kier alpha value is -3.34. The number of hydrogen-bond acceptors (Lipinski definition) is 5. The van der Waals surface area contributed by atoms with E-state index in [1.807, 2.05) is 24.3 Å². The lowest BCUT2D eigenvalue weighted by Gasteiger charge is -2.12. The molecular weight excluding hydrogens is 404 g/mol. The van der Waals surface area contributed by atoms with Crippen LogP contribution in [-0.2, 0) is 25.7 Å². The topological polar surface area (TPSA) is 46.2 Å². The first kappa shape index (κ1) is 23.3. The summed E-state index contributed by atoms with van der Waals surface area (Å²) < 4.78 is 27.1. The van der Waals surface area contributed by atoms with Gasteiger partial charge < -0.3 is 23.7 Å². The smallest absolute Gasteiger partial charge is 0.160 e. The van der Waals surface area contributed by atoms with Crippen LogP contribution in [0.15, 0.2) is 54.6 Å². The first-order valence-electron chi connectivity index (χ1n) is 10.7. The van der Waals surface area contributed by atoms with Crippen LogP contribution in [0.4, 0.5) is 0 Å². The molecule has 3 aromatic carbocycles. The first-order valence-corrected chi connectivity index (χ1v) is 10.7. The van der Waals surface area contributed by atoms with Crippen molar-refractivity contribution < 1.29 is 23.7 Å². The zero-order chi connectivity index (χ0) is 22.9. The third-order valence-electron chi connectivity index (χ3n) is 5.56. The summed E-state index contributed by atoms with van der Waals surface area (Å²) in [4.78, 5) is 0. The van der Waals surface area contributed by atoms with Crippen molar-refractivity contribution in [2.75, 3.05) is 35.5 Å². The van der Waals surface area contributed by atoms with E-state index in [2.05, 4.69) is 30.3 Å². The highest BCUT2D eigenvalue weighted by Gasteiger charge is 2.08. The van der Waals surface area contributed by atoms with Crippen LogP contribution in [0.2, 0.25) is 0 Å². The van der Waals surface area contributed by atoms with E-state index in [0.717, 1.165) is 54.4 Å². The number of rotatable bonds is 11. The zero-order valence-electron chi connectivity index (χ0n) is 19.6. The molecule has 170 valence electrons. The van der Waals surface area contributed by atoms with Crippen LogP contribution in [0.1, 0.15) is 22.3 Å². The fourth-order valence-electron chi connectivity index (χ4n) is 3.78. The van der Waals surface area contributed by atoms with Crippen LogP contribution >= 0.6 is 0 Å². The Morgan fingerprint density at radius 2 is 0.812 bits per heavy atom. The maximum Gasteiger partial charge on any atom is 0.160 e. The molecule has 0 bridgehead atoms. The number of methoxy groups -OCH3 is 5. The third kappa shape index (κ3) is 5.88. The van der Waals surface area contributed by atoms with Gasteiger partial charge in [0.1, 0.15) is 5.75 Å². The van der Waals surface area contributed by atoms with Crippen molar-refractivity contribution in [2.45, 2.75) is 25.7 Å². The molecule has 0 aliphatic rings. The molecule has 0 amide bonds. The molecule has 5 nitrogen and oxygen atoms in total. The molecule has 0 spiro atoms. The molecule has 3 rings (SSSR count). The molecule has 0 N–H and O–H groups in total. The summed E-state index contributed by atoms with van der Waals surface area (Å²) >= 11 is 0. The Bertz CT molecular complexity index is 951. The van der Waals surface area contributed by atoms with E-state index in [1.54, 1.807) is 35.5 Å². The van der Waals surface area contributed by atoms with Crippen LogP contribution in [0.25, 0.3) is 0 Å². The Morgan fingerprint density at radius 1 is 0.406 bits per heavy atom. The second kappa shape index (κ2) is 11.3.